The molecule has 0 amide bonds. The maximum absolute atomic E-state index is 5.67. The second-order valence-electron chi connectivity index (χ2n) is 6.46. The van der Waals surface area contributed by atoms with Crippen LogP contribution in [0.4, 0.5) is 0 Å². The molecule has 0 radical (unpaired) electrons. The molecule has 3 rings (SSSR count). The average molecular weight is 374 g/mol. The number of hydrogen-bond acceptors (Lipinski definition) is 5. The predicted molar refractivity (Wildman–Crippen MR) is 107 cm³/mol. The van der Waals surface area contributed by atoms with E-state index in [2.05, 4.69) is 35.6 Å². The largest absolute Gasteiger partial charge is 0.493 e. The first kappa shape index (κ1) is 18.9. The van der Waals surface area contributed by atoms with E-state index in [4.69, 9.17) is 14.2 Å². The van der Waals surface area contributed by atoms with E-state index in [-0.39, 0.29) is 0 Å². The van der Waals surface area contributed by atoms with Gasteiger partial charge in [0.15, 0.2) is 11.5 Å². The molecule has 4 nitrogen and oxygen atoms in total. The number of thioether (sulfide) groups is 1. The molecule has 0 atom stereocenters. The molecule has 2 aromatic rings. The molecule has 0 aliphatic heterocycles. The van der Waals surface area contributed by atoms with Crippen LogP contribution in [-0.2, 0) is 6.54 Å². The lowest BCUT2D eigenvalue weighted by Gasteiger charge is -2.18. The Morgan fingerprint density at radius 1 is 1.04 bits per heavy atom. The van der Waals surface area contributed by atoms with Crippen molar-refractivity contribution in [2.45, 2.75) is 36.0 Å². The molecule has 5 heteroatoms. The first-order valence-electron chi connectivity index (χ1n) is 9.02. The third-order valence-electron chi connectivity index (χ3n) is 4.47. The summed E-state index contributed by atoms with van der Waals surface area (Å²) >= 11 is 1.98. The molecule has 0 bridgehead atoms. The second-order valence-corrected chi connectivity index (χ2v) is 8.01. The summed E-state index contributed by atoms with van der Waals surface area (Å²) in [5.41, 5.74) is 1.13. The smallest absolute Gasteiger partial charge is 0.203 e. The molecular formula is C21H27NO3S. The Hall–Kier alpha value is -1.85. The highest BCUT2D eigenvalue weighted by atomic mass is 32.2. The zero-order valence-corrected chi connectivity index (χ0v) is 16.5. The van der Waals surface area contributed by atoms with Gasteiger partial charge in [0.1, 0.15) is 0 Å². The maximum Gasteiger partial charge on any atom is 0.203 e. The summed E-state index contributed by atoms with van der Waals surface area (Å²) in [6, 6.07) is 14.7. The summed E-state index contributed by atoms with van der Waals surface area (Å²) in [5.74, 6) is 2.09. The monoisotopic (exact) mass is 373 g/mol. The van der Waals surface area contributed by atoms with Gasteiger partial charge in [0, 0.05) is 22.7 Å². The highest BCUT2D eigenvalue weighted by Gasteiger charge is 2.43. The minimum atomic E-state index is 0.334. The van der Waals surface area contributed by atoms with Gasteiger partial charge in [0.05, 0.1) is 20.8 Å². The fraction of sp³-hybridized carbons (Fsp3) is 0.429. The highest BCUT2D eigenvalue weighted by Crippen LogP contribution is 2.51. The van der Waals surface area contributed by atoms with Crippen molar-refractivity contribution < 1.29 is 14.2 Å². The molecule has 1 aliphatic rings. The van der Waals surface area contributed by atoms with Gasteiger partial charge in [-0.1, -0.05) is 18.2 Å². The van der Waals surface area contributed by atoms with Gasteiger partial charge in [-0.05, 0) is 49.6 Å². The Balaban J connectivity index is 1.61. The van der Waals surface area contributed by atoms with Crippen LogP contribution in [-0.4, -0.2) is 32.1 Å². The Bertz CT molecular complexity index is 691. The van der Waals surface area contributed by atoms with E-state index < -0.39 is 0 Å². The number of hydrogen-bond donors (Lipinski definition) is 1. The fourth-order valence-corrected chi connectivity index (χ4v) is 4.22. The van der Waals surface area contributed by atoms with Crippen molar-refractivity contribution in [3.8, 4) is 17.2 Å². The van der Waals surface area contributed by atoms with Gasteiger partial charge in [-0.3, -0.25) is 0 Å². The van der Waals surface area contributed by atoms with Crippen LogP contribution in [0.15, 0.2) is 47.4 Å². The van der Waals surface area contributed by atoms with Crippen molar-refractivity contribution in [2.75, 3.05) is 27.4 Å². The van der Waals surface area contributed by atoms with Crippen LogP contribution in [0.25, 0.3) is 0 Å². The van der Waals surface area contributed by atoms with Gasteiger partial charge in [-0.25, -0.2) is 0 Å². The minimum absolute atomic E-state index is 0.334. The Labute approximate surface area is 160 Å². The standard InChI is InChI=1S/C21H27NO3S/c1-4-25-20-18(23-2)12-16(13-19(20)24-3)14-22-15-21(10-11-21)26-17-8-6-5-7-9-17/h5-9,12-13,22H,4,10-11,14-15H2,1-3H3. The number of benzene rings is 2. The summed E-state index contributed by atoms with van der Waals surface area (Å²) in [6.45, 7) is 4.29. The lowest BCUT2D eigenvalue weighted by Crippen LogP contribution is -2.25. The van der Waals surface area contributed by atoms with Crippen LogP contribution in [0.3, 0.4) is 0 Å². The Kier molecular flexibility index (Phi) is 6.33. The van der Waals surface area contributed by atoms with Crippen LogP contribution in [0.2, 0.25) is 0 Å². The quantitative estimate of drug-likeness (QED) is 0.663. The van der Waals surface area contributed by atoms with Crippen LogP contribution in [0.1, 0.15) is 25.3 Å². The van der Waals surface area contributed by atoms with E-state index in [1.165, 1.54) is 17.7 Å². The van der Waals surface area contributed by atoms with Crippen LogP contribution in [0.5, 0.6) is 17.2 Å². The second kappa shape index (κ2) is 8.69. The van der Waals surface area contributed by atoms with Gasteiger partial charge < -0.3 is 19.5 Å². The van der Waals surface area contributed by atoms with Gasteiger partial charge in [-0.2, -0.15) is 0 Å². The van der Waals surface area contributed by atoms with Crippen molar-refractivity contribution in [3.05, 3.63) is 48.0 Å². The van der Waals surface area contributed by atoms with E-state index in [9.17, 15) is 0 Å². The molecule has 0 heterocycles. The molecule has 0 spiro atoms. The lowest BCUT2D eigenvalue weighted by molar-refractivity contribution is 0.288. The molecule has 1 N–H and O–H groups in total. The zero-order valence-electron chi connectivity index (χ0n) is 15.7. The number of rotatable bonds is 10. The molecule has 26 heavy (non-hydrogen) atoms. The normalized spacial score (nSPS) is 14.7. The zero-order chi connectivity index (χ0) is 18.4. The van der Waals surface area contributed by atoms with E-state index in [1.807, 2.05) is 30.8 Å². The van der Waals surface area contributed by atoms with Crippen molar-refractivity contribution in [2.24, 2.45) is 0 Å². The van der Waals surface area contributed by atoms with Crippen LogP contribution >= 0.6 is 11.8 Å². The van der Waals surface area contributed by atoms with Crippen molar-refractivity contribution in [1.29, 1.82) is 0 Å². The Morgan fingerprint density at radius 3 is 2.23 bits per heavy atom. The molecule has 1 aliphatic carbocycles. The van der Waals surface area contributed by atoms with E-state index in [0.717, 1.165) is 18.7 Å². The third kappa shape index (κ3) is 4.65. The molecule has 2 aromatic carbocycles. The SMILES string of the molecule is CCOc1c(OC)cc(CNCC2(Sc3ccccc3)CC2)cc1OC. The summed E-state index contributed by atoms with van der Waals surface area (Å²) in [5, 5.41) is 3.61. The van der Waals surface area contributed by atoms with Crippen LogP contribution in [0, 0.1) is 0 Å². The number of ether oxygens (including phenoxy) is 3. The van der Waals surface area contributed by atoms with Gasteiger partial charge >= 0.3 is 0 Å². The van der Waals surface area contributed by atoms with Gasteiger partial charge in [-0.15, -0.1) is 11.8 Å². The van der Waals surface area contributed by atoms with Crippen molar-refractivity contribution in [1.82, 2.24) is 5.32 Å². The number of methoxy groups -OCH3 is 2. The first-order chi connectivity index (χ1) is 12.7. The lowest BCUT2D eigenvalue weighted by atomic mass is 10.1. The van der Waals surface area contributed by atoms with E-state index in [1.54, 1.807) is 14.2 Å². The maximum atomic E-state index is 5.67. The van der Waals surface area contributed by atoms with E-state index >= 15 is 0 Å². The summed E-state index contributed by atoms with van der Waals surface area (Å²) < 4.78 is 17.0. The van der Waals surface area contributed by atoms with Crippen molar-refractivity contribution >= 4 is 11.8 Å². The summed E-state index contributed by atoms with van der Waals surface area (Å²) in [6.07, 6.45) is 2.52. The van der Waals surface area contributed by atoms with Crippen molar-refractivity contribution in [3.63, 3.8) is 0 Å². The molecule has 140 valence electrons. The Morgan fingerprint density at radius 2 is 1.69 bits per heavy atom. The summed E-state index contributed by atoms with van der Waals surface area (Å²) in [4.78, 5) is 1.34. The van der Waals surface area contributed by atoms with Gasteiger partial charge in [0.25, 0.3) is 0 Å². The fourth-order valence-electron chi connectivity index (χ4n) is 2.95. The third-order valence-corrected chi connectivity index (χ3v) is 5.96. The molecule has 1 saturated carbocycles. The topological polar surface area (TPSA) is 39.7 Å². The molecular weight excluding hydrogens is 346 g/mol. The average Bonchev–Trinajstić information content (AvgIpc) is 3.42. The molecule has 0 unspecified atom stereocenters. The highest BCUT2D eigenvalue weighted by molar-refractivity contribution is 8.01. The molecule has 0 aromatic heterocycles. The minimum Gasteiger partial charge on any atom is -0.493 e. The van der Waals surface area contributed by atoms with Crippen LogP contribution < -0.4 is 19.5 Å². The van der Waals surface area contributed by atoms with E-state index in [0.29, 0.717) is 28.6 Å². The summed E-state index contributed by atoms with van der Waals surface area (Å²) in [7, 11) is 3.31. The first-order valence-corrected chi connectivity index (χ1v) is 9.84. The number of nitrogens with one attached hydrogen (secondary N) is 1. The predicted octanol–water partition coefficient (Wildman–Crippen LogP) is 4.52. The van der Waals surface area contributed by atoms with Gasteiger partial charge in [0.2, 0.25) is 5.75 Å². The molecule has 0 saturated heterocycles. The molecule has 1 fully saturated rings.